The zero-order valence-electron chi connectivity index (χ0n) is 15.0. The molecule has 1 aromatic heterocycles. The molecule has 3 N–H and O–H groups in total. The number of amides is 1. The first-order chi connectivity index (χ1) is 13.0. The molecule has 0 saturated heterocycles. The van der Waals surface area contributed by atoms with Crippen LogP contribution in [-0.2, 0) is 4.79 Å². The van der Waals surface area contributed by atoms with Crippen molar-refractivity contribution in [1.29, 1.82) is 0 Å². The number of aromatic nitrogens is 1. The van der Waals surface area contributed by atoms with E-state index >= 15 is 0 Å². The van der Waals surface area contributed by atoms with Crippen LogP contribution >= 0.6 is 0 Å². The number of aliphatic carboxylic acids is 1. The third kappa shape index (κ3) is 4.03. The minimum atomic E-state index is -0.803. The lowest BCUT2D eigenvalue weighted by Gasteiger charge is -2.42. The number of rotatable bonds is 7. The van der Waals surface area contributed by atoms with Gasteiger partial charge in [-0.25, -0.2) is 0 Å². The second-order valence-electron chi connectivity index (χ2n) is 7.65. The smallest absolute Gasteiger partial charge is 0.317 e. The SMILES string of the molecule is O=C(O)CN(CC1CC1)C1CC(NC(=O)c2cccc3ccc(=O)[nH]c23)C1. The number of para-hydroxylation sites is 1. The number of carboxylic acid groups (broad SMARTS) is 1. The average molecular weight is 369 g/mol. The topological polar surface area (TPSA) is 102 Å². The van der Waals surface area contributed by atoms with Crippen molar-refractivity contribution in [3.63, 3.8) is 0 Å². The van der Waals surface area contributed by atoms with Gasteiger partial charge in [-0.3, -0.25) is 19.3 Å². The Balaban J connectivity index is 1.39. The molecule has 0 radical (unpaired) electrons. The lowest BCUT2D eigenvalue weighted by molar-refractivity contribution is -0.139. The summed E-state index contributed by atoms with van der Waals surface area (Å²) in [5.74, 6) is -0.383. The molecular weight excluding hydrogens is 346 g/mol. The highest BCUT2D eigenvalue weighted by atomic mass is 16.4. The van der Waals surface area contributed by atoms with Gasteiger partial charge in [0.05, 0.1) is 17.6 Å². The molecule has 2 saturated carbocycles. The van der Waals surface area contributed by atoms with Crippen molar-refractivity contribution in [2.75, 3.05) is 13.1 Å². The van der Waals surface area contributed by atoms with Crippen molar-refractivity contribution >= 4 is 22.8 Å². The Morgan fingerprint density at radius 1 is 1.19 bits per heavy atom. The van der Waals surface area contributed by atoms with Crippen molar-refractivity contribution in [2.24, 2.45) is 5.92 Å². The third-order valence-electron chi connectivity index (χ3n) is 5.50. The van der Waals surface area contributed by atoms with Gasteiger partial charge in [-0.2, -0.15) is 0 Å². The predicted octanol–water partition coefficient (Wildman–Crippen LogP) is 1.59. The van der Waals surface area contributed by atoms with Gasteiger partial charge >= 0.3 is 5.97 Å². The molecule has 142 valence electrons. The number of carbonyl (C=O) groups excluding carboxylic acids is 1. The number of hydrogen-bond donors (Lipinski definition) is 3. The largest absolute Gasteiger partial charge is 0.480 e. The minimum Gasteiger partial charge on any atom is -0.480 e. The summed E-state index contributed by atoms with van der Waals surface area (Å²) in [5.41, 5.74) is 0.754. The highest BCUT2D eigenvalue weighted by Crippen LogP contribution is 2.34. The molecule has 27 heavy (non-hydrogen) atoms. The van der Waals surface area contributed by atoms with Crippen LogP contribution < -0.4 is 10.9 Å². The fourth-order valence-corrected chi connectivity index (χ4v) is 3.78. The highest BCUT2D eigenvalue weighted by Gasteiger charge is 2.37. The molecule has 0 aliphatic heterocycles. The van der Waals surface area contributed by atoms with Crippen LogP contribution in [0.3, 0.4) is 0 Å². The quantitative estimate of drug-likeness (QED) is 0.688. The van der Waals surface area contributed by atoms with E-state index in [2.05, 4.69) is 10.3 Å². The van der Waals surface area contributed by atoms with Crippen molar-refractivity contribution < 1.29 is 14.7 Å². The maximum absolute atomic E-state index is 12.7. The molecule has 0 atom stereocenters. The van der Waals surface area contributed by atoms with Crippen LogP contribution in [0.2, 0.25) is 0 Å². The van der Waals surface area contributed by atoms with Crippen molar-refractivity contribution in [1.82, 2.24) is 15.2 Å². The van der Waals surface area contributed by atoms with E-state index in [4.69, 9.17) is 5.11 Å². The molecule has 2 aliphatic rings. The maximum Gasteiger partial charge on any atom is 0.317 e. The normalized spacial score (nSPS) is 21.8. The van der Waals surface area contributed by atoms with E-state index in [1.54, 1.807) is 18.2 Å². The fourth-order valence-electron chi connectivity index (χ4n) is 3.78. The Hall–Kier alpha value is -2.67. The Morgan fingerprint density at radius 3 is 2.67 bits per heavy atom. The molecule has 7 nitrogen and oxygen atoms in total. The van der Waals surface area contributed by atoms with Gasteiger partial charge in [-0.05, 0) is 49.1 Å². The van der Waals surface area contributed by atoms with Gasteiger partial charge in [-0.1, -0.05) is 12.1 Å². The van der Waals surface area contributed by atoms with Gasteiger partial charge in [0.15, 0.2) is 0 Å². The van der Waals surface area contributed by atoms with Crippen LogP contribution in [0.25, 0.3) is 10.9 Å². The van der Waals surface area contributed by atoms with Crippen LogP contribution in [0, 0.1) is 5.92 Å². The lowest BCUT2D eigenvalue weighted by Crippen LogP contribution is -2.55. The summed E-state index contributed by atoms with van der Waals surface area (Å²) in [6.07, 6.45) is 3.88. The van der Waals surface area contributed by atoms with Crippen molar-refractivity contribution in [2.45, 2.75) is 37.8 Å². The number of fused-ring (bicyclic) bond motifs is 1. The van der Waals surface area contributed by atoms with Gasteiger partial charge in [0, 0.05) is 24.7 Å². The highest BCUT2D eigenvalue weighted by molar-refractivity contribution is 6.05. The first kappa shape index (κ1) is 17.7. The van der Waals surface area contributed by atoms with Crippen LogP contribution in [0.1, 0.15) is 36.0 Å². The summed E-state index contributed by atoms with van der Waals surface area (Å²) >= 11 is 0. The third-order valence-corrected chi connectivity index (χ3v) is 5.50. The Bertz CT molecular complexity index is 928. The number of benzene rings is 1. The summed E-state index contributed by atoms with van der Waals surface area (Å²) in [7, 11) is 0. The summed E-state index contributed by atoms with van der Waals surface area (Å²) in [6, 6.07) is 8.73. The van der Waals surface area contributed by atoms with E-state index in [0.29, 0.717) is 17.0 Å². The van der Waals surface area contributed by atoms with Crippen molar-refractivity contribution in [3.05, 3.63) is 46.2 Å². The Labute approximate surface area is 156 Å². The number of hydrogen-bond acceptors (Lipinski definition) is 4. The molecule has 2 aliphatic carbocycles. The molecular formula is C20H23N3O4. The molecule has 7 heteroatoms. The number of nitrogens with zero attached hydrogens (tertiary/aromatic N) is 1. The number of H-pyrrole nitrogens is 1. The van der Waals surface area contributed by atoms with Gasteiger partial charge in [0.2, 0.25) is 5.56 Å². The number of pyridine rings is 1. The second kappa shape index (κ2) is 7.15. The zero-order valence-corrected chi connectivity index (χ0v) is 15.0. The summed E-state index contributed by atoms with van der Waals surface area (Å²) in [4.78, 5) is 40.2. The van der Waals surface area contributed by atoms with Gasteiger partial charge in [0.1, 0.15) is 0 Å². The second-order valence-corrected chi connectivity index (χ2v) is 7.65. The van der Waals surface area contributed by atoms with Crippen LogP contribution in [0.5, 0.6) is 0 Å². The van der Waals surface area contributed by atoms with Gasteiger partial charge in [-0.15, -0.1) is 0 Å². The molecule has 1 amide bonds. The average Bonchev–Trinajstić information content (AvgIpc) is 3.40. The van der Waals surface area contributed by atoms with E-state index in [1.807, 2.05) is 11.0 Å². The fraction of sp³-hybridized carbons (Fsp3) is 0.450. The molecule has 0 spiro atoms. The van der Waals surface area contributed by atoms with E-state index in [-0.39, 0.29) is 30.1 Å². The minimum absolute atomic E-state index is 0.0312. The monoisotopic (exact) mass is 369 g/mol. The number of carboxylic acids is 1. The predicted molar refractivity (Wildman–Crippen MR) is 101 cm³/mol. The molecule has 4 rings (SSSR count). The maximum atomic E-state index is 12.7. The Morgan fingerprint density at radius 2 is 1.96 bits per heavy atom. The van der Waals surface area contributed by atoms with E-state index in [9.17, 15) is 14.4 Å². The van der Waals surface area contributed by atoms with E-state index in [1.165, 1.54) is 18.9 Å². The van der Waals surface area contributed by atoms with E-state index < -0.39 is 5.97 Å². The summed E-state index contributed by atoms with van der Waals surface area (Å²) in [6.45, 7) is 0.897. The zero-order chi connectivity index (χ0) is 19.0. The molecule has 1 heterocycles. The summed E-state index contributed by atoms with van der Waals surface area (Å²) in [5, 5.41) is 13.0. The Kier molecular flexibility index (Phi) is 4.70. The first-order valence-corrected chi connectivity index (χ1v) is 9.38. The lowest BCUT2D eigenvalue weighted by atomic mass is 9.85. The standard InChI is InChI=1S/C20H23N3O4/c24-17-7-6-13-2-1-3-16(19(13)22-17)20(27)21-14-8-15(9-14)23(11-18(25)26)10-12-4-5-12/h1-3,6-7,12,14-15H,4-5,8-11H2,(H,21,27)(H,22,24)(H,25,26). The number of carbonyl (C=O) groups is 2. The number of aromatic amines is 1. The molecule has 0 bridgehead atoms. The summed E-state index contributed by atoms with van der Waals surface area (Å²) < 4.78 is 0. The molecule has 1 aromatic carbocycles. The van der Waals surface area contributed by atoms with Gasteiger partial charge in [0.25, 0.3) is 5.91 Å². The van der Waals surface area contributed by atoms with Crippen LogP contribution in [-0.4, -0.2) is 52.0 Å². The van der Waals surface area contributed by atoms with Crippen molar-refractivity contribution in [3.8, 4) is 0 Å². The molecule has 2 aromatic rings. The van der Waals surface area contributed by atoms with E-state index in [0.717, 1.165) is 24.8 Å². The molecule has 0 unspecified atom stereocenters. The van der Waals surface area contributed by atoms with Crippen LogP contribution in [0.15, 0.2) is 35.1 Å². The molecule has 2 fully saturated rings. The van der Waals surface area contributed by atoms with Gasteiger partial charge < -0.3 is 15.4 Å². The van der Waals surface area contributed by atoms with Crippen LogP contribution in [0.4, 0.5) is 0 Å². The first-order valence-electron chi connectivity index (χ1n) is 9.38. The number of nitrogens with one attached hydrogen (secondary N) is 2.